The lowest BCUT2D eigenvalue weighted by atomic mass is 9.94. The van der Waals surface area contributed by atoms with Gasteiger partial charge in [0, 0.05) is 56.6 Å². The van der Waals surface area contributed by atoms with Gasteiger partial charge in [-0.2, -0.15) is 0 Å². The van der Waals surface area contributed by atoms with Gasteiger partial charge in [0.2, 0.25) is 11.7 Å². The Labute approximate surface area is 288 Å². The van der Waals surface area contributed by atoms with Crippen molar-refractivity contribution in [3.63, 3.8) is 0 Å². The van der Waals surface area contributed by atoms with Crippen LogP contribution >= 0.6 is 0 Å². The predicted octanol–water partition coefficient (Wildman–Crippen LogP) is 6.33. The molecular weight excluding hydrogens is 616 g/mol. The Kier molecular flexibility index (Phi) is 10.9. The first-order chi connectivity index (χ1) is 24.0. The number of methoxy groups -OCH3 is 3. The van der Waals surface area contributed by atoms with Crippen LogP contribution in [0.5, 0.6) is 17.2 Å². The van der Waals surface area contributed by atoms with Gasteiger partial charge < -0.3 is 33.9 Å². The number of para-hydroxylation sites is 2. The number of piperidine rings is 1. The molecule has 5 aromatic rings. The Morgan fingerprint density at radius 2 is 1.59 bits per heavy atom. The zero-order valence-electron chi connectivity index (χ0n) is 28.8. The van der Waals surface area contributed by atoms with E-state index in [0.29, 0.717) is 35.4 Å². The number of aromatic nitrogens is 3. The van der Waals surface area contributed by atoms with Crippen LogP contribution in [0.3, 0.4) is 0 Å². The van der Waals surface area contributed by atoms with Gasteiger partial charge in [0.15, 0.2) is 11.5 Å². The number of hydrogen-bond acceptors (Lipinski definition) is 8. The van der Waals surface area contributed by atoms with E-state index in [1.54, 1.807) is 38.4 Å². The molecule has 1 atom stereocenters. The molecule has 49 heavy (non-hydrogen) atoms. The Morgan fingerprint density at radius 3 is 2.27 bits per heavy atom. The molecule has 1 fully saturated rings. The van der Waals surface area contributed by atoms with Gasteiger partial charge in [-0.15, -0.1) is 0 Å². The van der Waals surface area contributed by atoms with Crippen molar-refractivity contribution in [2.75, 3.05) is 59.9 Å². The molecular formula is C39H46N6O4. The number of pyridine rings is 1. The van der Waals surface area contributed by atoms with Gasteiger partial charge in [-0.1, -0.05) is 42.5 Å². The van der Waals surface area contributed by atoms with Crippen LogP contribution in [0.4, 0.5) is 5.95 Å². The van der Waals surface area contributed by atoms with Crippen LogP contribution in [0.2, 0.25) is 0 Å². The number of hydrogen-bond donors (Lipinski definition) is 1. The first-order valence-electron chi connectivity index (χ1n) is 16.9. The monoisotopic (exact) mass is 662 g/mol. The zero-order chi connectivity index (χ0) is 34.2. The molecule has 0 spiro atoms. The number of carbonyl (C=O) groups is 1. The van der Waals surface area contributed by atoms with Crippen molar-refractivity contribution in [2.45, 2.75) is 37.8 Å². The first-order valence-corrected chi connectivity index (χ1v) is 16.9. The molecule has 1 unspecified atom stereocenters. The fourth-order valence-corrected chi connectivity index (χ4v) is 6.77. The summed E-state index contributed by atoms with van der Waals surface area (Å²) in [6.45, 7) is 4.29. The van der Waals surface area contributed by atoms with Crippen LogP contribution in [0.1, 0.15) is 46.7 Å². The summed E-state index contributed by atoms with van der Waals surface area (Å²) in [6, 6.07) is 26.7. The summed E-state index contributed by atoms with van der Waals surface area (Å²) in [6.07, 6.45) is 6.69. The van der Waals surface area contributed by atoms with E-state index < -0.39 is 0 Å². The number of imidazole rings is 1. The van der Waals surface area contributed by atoms with Crippen molar-refractivity contribution >= 4 is 22.9 Å². The van der Waals surface area contributed by atoms with E-state index in [2.05, 4.69) is 74.4 Å². The summed E-state index contributed by atoms with van der Waals surface area (Å²) in [7, 11) is 6.53. The average Bonchev–Trinajstić information content (AvgIpc) is 3.49. The number of amides is 1. The standard InChI is InChI=1S/C39H46N6O4/c1-43(38(46)31-24-35(47-2)37(49-4)36(25-31)48-3)27-30(29-10-6-5-7-11-29)16-21-44-22-17-32(18-23-44)41-39-42-33-12-8-9-13-34(33)45(39)26-28-14-19-40-20-15-28/h5-15,19-20,24-25,30,32H,16-18,21-23,26-27H2,1-4H3,(H,41,42). The van der Waals surface area contributed by atoms with E-state index in [1.165, 1.54) is 11.1 Å². The molecule has 0 saturated carbocycles. The number of likely N-dealkylation sites (tertiary alicyclic amines) is 1. The molecule has 10 nitrogen and oxygen atoms in total. The summed E-state index contributed by atoms with van der Waals surface area (Å²) >= 11 is 0. The number of likely N-dealkylation sites (N-methyl/N-ethyl adjacent to an activating group) is 1. The highest BCUT2D eigenvalue weighted by Gasteiger charge is 2.25. The van der Waals surface area contributed by atoms with E-state index in [-0.39, 0.29) is 11.8 Å². The lowest BCUT2D eigenvalue weighted by molar-refractivity contribution is 0.0781. The molecule has 3 aromatic carbocycles. The summed E-state index contributed by atoms with van der Waals surface area (Å²) in [5, 5.41) is 3.79. The highest BCUT2D eigenvalue weighted by Crippen LogP contribution is 2.38. The van der Waals surface area contributed by atoms with Gasteiger partial charge in [0.05, 0.1) is 38.9 Å². The lowest BCUT2D eigenvalue weighted by Crippen LogP contribution is -2.40. The van der Waals surface area contributed by atoms with Crippen molar-refractivity contribution in [2.24, 2.45) is 0 Å². The van der Waals surface area contributed by atoms with Gasteiger partial charge in [0.1, 0.15) is 0 Å². The number of nitrogens with one attached hydrogen (secondary N) is 1. The van der Waals surface area contributed by atoms with Gasteiger partial charge >= 0.3 is 0 Å². The SMILES string of the molecule is COc1cc(C(=O)N(C)CC(CCN2CCC(Nc3nc4ccccc4n3Cc3ccncc3)CC2)c2ccccc2)cc(OC)c1OC. The third-order valence-corrected chi connectivity index (χ3v) is 9.48. The number of fused-ring (bicyclic) bond motifs is 1. The topological polar surface area (TPSA) is 94.0 Å². The highest BCUT2D eigenvalue weighted by molar-refractivity contribution is 5.95. The van der Waals surface area contributed by atoms with Crippen LogP contribution in [-0.2, 0) is 6.54 Å². The van der Waals surface area contributed by atoms with Gasteiger partial charge in [-0.05, 0) is 73.3 Å². The van der Waals surface area contributed by atoms with Crippen molar-refractivity contribution < 1.29 is 19.0 Å². The maximum atomic E-state index is 13.7. The molecule has 1 aliphatic heterocycles. The summed E-state index contributed by atoms with van der Waals surface area (Å²) in [5.41, 5.74) is 5.04. The second-order valence-corrected chi connectivity index (χ2v) is 12.6. The number of anilines is 1. The second kappa shape index (κ2) is 15.9. The van der Waals surface area contributed by atoms with Crippen LogP contribution in [-0.4, -0.2) is 90.8 Å². The number of nitrogens with zero attached hydrogens (tertiary/aromatic N) is 5. The third kappa shape index (κ3) is 7.97. The van der Waals surface area contributed by atoms with Crippen LogP contribution in [0.25, 0.3) is 11.0 Å². The molecule has 0 bridgehead atoms. The van der Waals surface area contributed by atoms with Crippen molar-refractivity contribution in [1.82, 2.24) is 24.3 Å². The Balaban J connectivity index is 1.08. The van der Waals surface area contributed by atoms with Gasteiger partial charge in [-0.25, -0.2) is 4.98 Å². The molecule has 256 valence electrons. The third-order valence-electron chi connectivity index (χ3n) is 9.48. The largest absolute Gasteiger partial charge is 0.493 e. The minimum absolute atomic E-state index is 0.0953. The Hall–Kier alpha value is -5.09. The van der Waals surface area contributed by atoms with Crippen molar-refractivity contribution in [1.29, 1.82) is 0 Å². The quantitative estimate of drug-likeness (QED) is 0.148. The van der Waals surface area contributed by atoms with E-state index in [1.807, 2.05) is 31.6 Å². The highest BCUT2D eigenvalue weighted by atomic mass is 16.5. The number of benzene rings is 3. The maximum absolute atomic E-state index is 13.7. The summed E-state index contributed by atoms with van der Waals surface area (Å²) in [5.74, 6) is 2.39. The molecule has 0 aliphatic carbocycles. The summed E-state index contributed by atoms with van der Waals surface area (Å²) < 4.78 is 18.7. The van der Waals surface area contributed by atoms with Crippen LogP contribution in [0.15, 0.2) is 91.3 Å². The minimum Gasteiger partial charge on any atom is -0.493 e. The van der Waals surface area contributed by atoms with E-state index in [4.69, 9.17) is 19.2 Å². The number of rotatable bonds is 14. The number of carbonyl (C=O) groups excluding carboxylic acids is 1. The molecule has 0 radical (unpaired) electrons. The molecule has 6 rings (SSSR count). The number of ether oxygens (including phenoxy) is 3. The maximum Gasteiger partial charge on any atom is 0.253 e. The van der Waals surface area contributed by atoms with E-state index in [0.717, 1.165) is 62.4 Å². The normalized spacial score (nSPS) is 14.4. The average molecular weight is 663 g/mol. The molecule has 1 N–H and O–H groups in total. The van der Waals surface area contributed by atoms with Crippen molar-refractivity contribution in [3.05, 3.63) is 108 Å². The molecule has 1 amide bonds. The molecule has 3 heterocycles. The predicted molar refractivity (Wildman–Crippen MR) is 193 cm³/mol. The molecule has 10 heteroatoms. The molecule has 1 aliphatic rings. The Morgan fingerprint density at radius 1 is 0.918 bits per heavy atom. The fourth-order valence-electron chi connectivity index (χ4n) is 6.77. The minimum atomic E-state index is -0.0953. The molecule has 2 aromatic heterocycles. The first kappa shape index (κ1) is 33.8. The zero-order valence-corrected chi connectivity index (χ0v) is 28.8. The Bertz CT molecular complexity index is 1800. The van der Waals surface area contributed by atoms with Crippen molar-refractivity contribution in [3.8, 4) is 17.2 Å². The molecule has 1 saturated heterocycles. The summed E-state index contributed by atoms with van der Waals surface area (Å²) in [4.78, 5) is 27.2. The van der Waals surface area contributed by atoms with E-state index in [9.17, 15) is 4.79 Å². The van der Waals surface area contributed by atoms with Gasteiger partial charge in [-0.3, -0.25) is 9.78 Å². The van der Waals surface area contributed by atoms with Crippen LogP contribution < -0.4 is 19.5 Å². The smallest absolute Gasteiger partial charge is 0.253 e. The van der Waals surface area contributed by atoms with E-state index >= 15 is 0 Å². The fraction of sp³-hybridized carbons (Fsp3) is 0.359. The second-order valence-electron chi connectivity index (χ2n) is 12.6. The lowest BCUT2D eigenvalue weighted by Gasteiger charge is -2.34. The van der Waals surface area contributed by atoms with Crippen LogP contribution in [0, 0.1) is 0 Å². The van der Waals surface area contributed by atoms with Gasteiger partial charge in [0.25, 0.3) is 5.91 Å².